The Balaban J connectivity index is 1.75. The van der Waals surface area contributed by atoms with Crippen LogP contribution in [0.3, 0.4) is 0 Å². The Hall–Kier alpha value is -2.30. The number of rotatable bonds is 4. The molecule has 0 amide bonds. The van der Waals surface area contributed by atoms with Gasteiger partial charge in [0.2, 0.25) is 6.10 Å². The van der Waals surface area contributed by atoms with Gasteiger partial charge in [-0.3, -0.25) is 0 Å². The summed E-state index contributed by atoms with van der Waals surface area (Å²) in [5.74, 6) is -0.912. The number of cyclic esters (lactones) is 1. The molecule has 1 atom stereocenters. The summed E-state index contributed by atoms with van der Waals surface area (Å²) < 4.78 is 9.66. The lowest BCUT2D eigenvalue weighted by atomic mass is 10.1. The molecule has 0 bridgehead atoms. The molecule has 1 aliphatic rings. The van der Waals surface area contributed by atoms with E-state index in [0.29, 0.717) is 6.42 Å². The Bertz CT molecular complexity index is 475. The highest BCUT2D eigenvalue weighted by atomic mass is 16.6. The fraction of sp³-hybridized carbons (Fsp3) is 0.231. The molecule has 1 heterocycles. The highest BCUT2D eigenvalue weighted by Crippen LogP contribution is 2.11. The van der Waals surface area contributed by atoms with Crippen LogP contribution in [0.5, 0.6) is 5.75 Å². The topological polar surface area (TPSA) is 72.8 Å². The second-order valence-electron chi connectivity index (χ2n) is 3.80. The molecule has 0 fully saturated rings. The number of esters is 2. The lowest BCUT2D eigenvalue weighted by Gasteiger charge is -2.08. The van der Waals surface area contributed by atoms with Crippen LogP contribution in [-0.2, 0) is 25.5 Å². The third-order valence-corrected chi connectivity index (χ3v) is 2.45. The van der Waals surface area contributed by atoms with Gasteiger partial charge in [-0.15, -0.1) is 0 Å². The minimum atomic E-state index is -0.919. The Morgan fingerprint density at radius 3 is 2.67 bits per heavy atom. The molecule has 94 valence electrons. The van der Waals surface area contributed by atoms with E-state index in [2.05, 4.69) is 4.74 Å². The first-order chi connectivity index (χ1) is 8.65. The van der Waals surface area contributed by atoms with Gasteiger partial charge in [-0.1, -0.05) is 12.1 Å². The number of carbonyl (C=O) groups is 2. The van der Waals surface area contributed by atoms with Crippen molar-refractivity contribution in [2.45, 2.75) is 12.5 Å². The Morgan fingerprint density at radius 2 is 2.06 bits per heavy atom. The van der Waals surface area contributed by atoms with E-state index >= 15 is 0 Å². The van der Waals surface area contributed by atoms with Gasteiger partial charge in [0.05, 0.1) is 6.61 Å². The molecule has 0 saturated heterocycles. The molecule has 1 aliphatic heterocycles. The zero-order valence-electron chi connectivity index (χ0n) is 9.54. The van der Waals surface area contributed by atoms with Crippen molar-refractivity contribution in [3.05, 3.63) is 42.0 Å². The van der Waals surface area contributed by atoms with Crippen LogP contribution in [0.2, 0.25) is 0 Å². The molecule has 0 aliphatic carbocycles. The third kappa shape index (κ3) is 3.10. The normalized spacial score (nSPS) is 17.6. The molecule has 1 N–H and O–H groups in total. The maximum Gasteiger partial charge on any atom is 0.351 e. The molecule has 5 nitrogen and oxygen atoms in total. The maximum atomic E-state index is 11.4. The van der Waals surface area contributed by atoms with Gasteiger partial charge in [0.1, 0.15) is 5.75 Å². The van der Waals surface area contributed by atoms with E-state index in [9.17, 15) is 9.59 Å². The van der Waals surface area contributed by atoms with Crippen molar-refractivity contribution in [1.82, 2.24) is 0 Å². The average Bonchev–Trinajstić information content (AvgIpc) is 2.78. The number of carbonyl (C=O) groups excluding carboxylic acids is 2. The Labute approximate surface area is 104 Å². The van der Waals surface area contributed by atoms with Crippen LogP contribution >= 0.6 is 0 Å². The van der Waals surface area contributed by atoms with Crippen LogP contribution in [0.15, 0.2) is 36.4 Å². The molecule has 2 rings (SSSR count). The highest BCUT2D eigenvalue weighted by molar-refractivity contribution is 5.91. The minimum Gasteiger partial charge on any atom is -0.508 e. The number of phenolic OH excluding ortho intramolecular Hbond substituents is 1. The van der Waals surface area contributed by atoms with Crippen molar-refractivity contribution in [3.8, 4) is 5.75 Å². The molecule has 1 aromatic carbocycles. The van der Waals surface area contributed by atoms with Gasteiger partial charge in [0.25, 0.3) is 0 Å². The van der Waals surface area contributed by atoms with Gasteiger partial charge >= 0.3 is 11.9 Å². The second kappa shape index (κ2) is 5.35. The van der Waals surface area contributed by atoms with E-state index in [0.717, 1.165) is 5.56 Å². The summed E-state index contributed by atoms with van der Waals surface area (Å²) in [6.07, 6.45) is 2.19. The van der Waals surface area contributed by atoms with Gasteiger partial charge < -0.3 is 14.6 Å². The summed E-state index contributed by atoms with van der Waals surface area (Å²) >= 11 is 0. The van der Waals surface area contributed by atoms with Crippen LogP contribution < -0.4 is 0 Å². The smallest absolute Gasteiger partial charge is 0.351 e. The van der Waals surface area contributed by atoms with E-state index in [1.165, 1.54) is 12.2 Å². The maximum absolute atomic E-state index is 11.4. The molecule has 0 radical (unpaired) electrons. The van der Waals surface area contributed by atoms with Crippen LogP contribution in [0.4, 0.5) is 0 Å². The van der Waals surface area contributed by atoms with Gasteiger partial charge in [0, 0.05) is 12.5 Å². The quantitative estimate of drug-likeness (QED) is 0.803. The molecule has 0 aromatic heterocycles. The van der Waals surface area contributed by atoms with E-state index in [4.69, 9.17) is 9.84 Å². The van der Waals surface area contributed by atoms with Crippen molar-refractivity contribution in [1.29, 1.82) is 0 Å². The summed E-state index contributed by atoms with van der Waals surface area (Å²) in [4.78, 5) is 22.2. The second-order valence-corrected chi connectivity index (χ2v) is 3.80. The van der Waals surface area contributed by atoms with E-state index in [-0.39, 0.29) is 12.4 Å². The number of ether oxygens (including phenoxy) is 2. The Morgan fingerprint density at radius 1 is 1.33 bits per heavy atom. The molecule has 1 aromatic rings. The predicted molar refractivity (Wildman–Crippen MR) is 61.8 cm³/mol. The average molecular weight is 248 g/mol. The first kappa shape index (κ1) is 12.2. The van der Waals surface area contributed by atoms with Crippen LogP contribution in [0.1, 0.15) is 5.56 Å². The number of hydrogen-bond donors (Lipinski definition) is 1. The van der Waals surface area contributed by atoms with E-state index in [1.807, 2.05) is 0 Å². The number of hydrogen-bond acceptors (Lipinski definition) is 5. The lowest BCUT2D eigenvalue weighted by Crippen LogP contribution is -2.23. The molecule has 18 heavy (non-hydrogen) atoms. The van der Waals surface area contributed by atoms with Crippen molar-refractivity contribution in [2.75, 3.05) is 6.61 Å². The summed E-state index contributed by atoms with van der Waals surface area (Å²) in [6, 6.07) is 6.63. The van der Waals surface area contributed by atoms with Gasteiger partial charge in [-0.2, -0.15) is 0 Å². The molecular formula is C13H12O5. The van der Waals surface area contributed by atoms with E-state index < -0.39 is 18.0 Å². The number of benzene rings is 1. The highest BCUT2D eigenvalue weighted by Gasteiger charge is 2.25. The first-order valence-electron chi connectivity index (χ1n) is 5.48. The zero-order chi connectivity index (χ0) is 13.0. The van der Waals surface area contributed by atoms with Crippen molar-refractivity contribution < 1.29 is 24.2 Å². The number of phenols is 1. The monoisotopic (exact) mass is 248 g/mol. The molecule has 0 saturated carbocycles. The standard InChI is InChI=1S/C13H12O5/c14-10-3-1-9(2-4-10)7-8-17-13(16)11-5-6-12(15)18-11/h1-6,11,14H,7-8H2/t11-/m0/s1. The van der Waals surface area contributed by atoms with Gasteiger partial charge in [-0.25, -0.2) is 9.59 Å². The van der Waals surface area contributed by atoms with Crippen molar-refractivity contribution in [3.63, 3.8) is 0 Å². The summed E-state index contributed by atoms with van der Waals surface area (Å²) in [5.41, 5.74) is 0.944. The van der Waals surface area contributed by atoms with Crippen LogP contribution in [0.25, 0.3) is 0 Å². The Kier molecular flexibility index (Phi) is 3.62. The summed E-state index contributed by atoms with van der Waals surface area (Å²) in [5, 5.41) is 9.10. The summed E-state index contributed by atoms with van der Waals surface area (Å²) in [7, 11) is 0. The van der Waals surface area contributed by atoms with Crippen LogP contribution in [-0.4, -0.2) is 29.8 Å². The SMILES string of the molecule is O=C1C=C[C@@H](C(=O)OCCc2ccc(O)cc2)O1. The van der Waals surface area contributed by atoms with Gasteiger partial charge in [-0.05, 0) is 23.8 Å². The van der Waals surface area contributed by atoms with Crippen LogP contribution in [0, 0.1) is 0 Å². The fourth-order valence-electron chi connectivity index (χ4n) is 1.51. The third-order valence-electron chi connectivity index (χ3n) is 2.45. The number of aromatic hydroxyl groups is 1. The lowest BCUT2D eigenvalue weighted by molar-refractivity contribution is -0.159. The molecule has 5 heteroatoms. The predicted octanol–water partition coefficient (Wildman–Crippen LogP) is 0.959. The van der Waals surface area contributed by atoms with Gasteiger partial charge in [0.15, 0.2) is 0 Å². The molecular weight excluding hydrogens is 236 g/mol. The first-order valence-corrected chi connectivity index (χ1v) is 5.48. The largest absolute Gasteiger partial charge is 0.508 e. The zero-order valence-corrected chi connectivity index (χ0v) is 9.54. The van der Waals surface area contributed by atoms with Crippen molar-refractivity contribution in [2.24, 2.45) is 0 Å². The molecule has 0 spiro atoms. The van der Waals surface area contributed by atoms with E-state index in [1.54, 1.807) is 24.3 Å². The summed E-state index contributed by atoms with van der Waals surface area (Å²) in [6.45, 7) is 0.200. The van der Waals surface area contributed by atoms with Crippen molar-refractivity contribution >= 4 is 11.9 Å². The molecule has 0 unspecified atom stereocenters. The minimum absolute atomic E-state index is 0.193. The fourth-order valence-corrected chi connectivity index (χ4v) is 1.51.